The minimum atomic E-state index is -0.391. The molecule has 3 rings (SSSR count). The highest BCUT2D eigenvalue weighted by atomic mass is 35.5. The second-order valence-corrected chi connectivity index (χ2v) is 7.09. The standard InChI is InChI=1S/C22H20ClFN4O2/c1-13-4-10-19(25-15(3)29)20(12-13)26-21(30)11-9-18-14(2)27-28(22(18)23)17-7-5-16(24)6-8-17/h4-12H,1-3H3,(H,25,29)(H,26,30)/b11-9+. The van der Waals surface area contributed by atoms with E-state index in [1.807, 2.05) is 13.0 Å². The van der Waals surface area contributed by atoms with E-state index in [1.165, 1.54) is 29.8 Å². The molecule has 8 heteroatoms. The van der Waals surface area contributed by atoms with Gasteiger partial charge in [0.2, 0.25) is 11.8 Å². The molecule has 2 amide bonds. The number of carbonyl (C=O) groups is 2. The molecule has 3 aromatic rings. The molecule has 0 unspecified atom stereocenters. The summed E-state index contributed by atoms with van der Waals surface area (Å²) in [4.78, 5) is 23.8. The smallest absolute Gasteiger partial charge is 0.248 e. The van der Waals surface area contributed by atoms with E-state index in [0.717, 1.165) is 5.56 Å². The van der Waals surface area contributed by atoms with Crippen molar-refractivity contribution in [3.8, 4) is 5.69 Å². The van der Waals surface area contributed by atoms with Gasteiger partial charge in [-0.3, -0.25) is 9.59 Å². The highest BCUT2D eigenvalue weighted by Gasteiger charge is 2.13. The molecule has 2 aromatic carbocycles. The molecule has 0 aliphatic carbocycles. The van der Waals surface area contributed by atoms with Crippen molar-refractivity contribution >= 4 is 40.9 Å². The second-order valence-electron chi connectivity index (χ2n) is 6.73. The topological polar surface area (TPSA) is 76.0 Å². The third-order valence-corrected chi connectivity index (χ3v) is 4.63. The van der Waals surface area contributed by atoms with Crippen LogP contribution >= 0.6 is 11.6 Å². The zero-order valence-electron chi connectivity index (χ0n) is 16.7. The molecule has 0 atom stereocenters. The van der Waals surface area contributed by atoms with Crippen molar-refractivity contribution < 1.29 is 14.0 Å². The molecule has 0 saturated heterocycles. The largest absolute Gasteiger partial charge is 0.325 e. The first-order valence-electron chi connectivity index (χ1n) is 9.13. The van der Waals surface area contributed by atoms with Crippen molar-refractivity contribution in [2.45, 2.75) is 20.8 Å². The Morgan fingerprint density at radius 2 is 1.77 bits per heavy atom. The lowest BCUT2D eigenvalue weighted by Gasteiger charge is -2.11. The molecular weight excluding hydrogens is 407 g/mol. The Morgan fingerprint density at radius 1 is 1.07 bits per heavy atom. The summed E-state index contributed by atoms with van der Waals surface area (Å²) in [5.74, 6) is -0.983. The van der Waals surface area contributed by atoms with Crippen molar-refractivity contribution in [1.29, 1.82) is 0 Å². The number of hydrogen-bond donors (Lipinski definition) is 2. The van der Waals surface area contributed by atoms with E-state index < -0.39 is 5.91 Å². The lowest BCUT2D eigenvalue weighted by molar-refractivity contribution is -0.114. The van der Waals surface area contributed by atoms with Crippen molar-refractivity contribution in [2.24, 2.45) is 0 Å². The molecule has 1 aromatic heterocycles. The van der Waals surface area contributed by atoms with E-state index in [4.69, 9.17) is 11.6 Å². The highest BCUT2D eigenvalue weighted by Crippen LogP contribution is 2.26. The maximum absolute atomic E-state index is 13.2. The van der Waals surface area contributed by atoms with Crippen molar-refractivity contribution in [3.05, 3.63) is 76.3 Å². The number of aromatic nitrogens is 2. The van der Waals surface area contributed by atoms with Crippen LogP contribution in [0.5, 0.6) is 0 Å². The van der Waals surface area contributed by atoms with Gasteiger partial charge in [0.1, 0.15) is 11.0 Å². The van der Waals surface area contributed by atoms with Gasteiger partial charge in [-0.15, -0.1) is 0 Å². The zero-order valence-corrected chi connectivity index (χ0v) is 17.4. The average Bonchev–Trinajstić information content (AvgIpc) is 2.96. The summed E-state index contributed by atoms with van der Waals surface area (Å²) in [5.41, 5.74) is 3.72. The molecule has 1 heterocycles. The molecule has 2 N–H and O–H groups in total. The van der Waals surface area contributed by atoms with E-state index in [9.17, 15) is 14.0 Å². The summed E-state index contributed by atoms with van der Waals surface area (Å²) in [6, 6.07) is 11.1. The molecule has 0 spiro atoms. The summed E-state index contributed by atoms with van der Waals surface area (Å²) in [6.07, 6.45) is 2.90. The number of hydrogen-bond acceptors (Lipinski definition) is 3. The first-order valence-corrected chi connectivity index (χ1v) is 9.51. The van der Waals surface area contributed by atoms with Crippen LogP contribution in [0.15, 0.2) is 48.5 Å². The van der Waals surface area contributed by atoms with Gasteiger partial charge < -0.3 is 10.6 Å². The third-order valence-electron chi connectivity index (χ3n) is 4.26. The fraction of sp³-hybridized carbons (Fsp3) is 0.136. The lowest BCUT2D eigenvalue weighted by atomic mass is 10.2. The fourth-order valence-electron chi connectivity index (χ4n) is 2.85. The molecule has 154 valence electrons. The van der Waals surface area contributed by atoms with Gasteiger partial charge in [0.25, 0.3) is 0 Å². The average molecular weight is 427 g/mol. The summed E-state index contributed by atoms with van der Waals surface area (Å²) in [7, 11) is 0. The molecule has 0 bridgehead atoms. The minimum Gasteiger partial charge on any atom is -0.325 e. The Morgan fingerprint density at radius 3 is 2.43 bits per heavy atom. The van der Waals surface area contributed by atoms with Crippen LogP contribution in [0.4, 0.5) is 15.8 Å². The van der Waals surface area contributed by atoms with E-state index in [-0.39, 0.29) is 11.7 Å². The first kappa shape index (κ1) is 21.3. The van der Waals surface area contributed by atoms with Gasteiger partial charge in [-0.1, -0.05) is 17.7 Å². The molecular formula is C22H20ClFN4O2. The predicted molar refractivity (Wildman–Crippen MR) is 116 cm³/mol. The Balaban J connectivity index is 1.81. The van der Waals surface area contributed by atoms with Crippen molar-refractivity contribution in [2.75, 3.05) is 10.6 Å². The Kier molecular flexibility index (Phi) is 6.32. The van der Waals surface area contributed by atoms with Crippen molar-refractivity contribution in [1.82, 2.24) is 9.78 Å². The van der Waals surface area contributed by atoms with Crippen LogP contribution in [0, 0.1) is 19.7 Å². The van der Waals surface area contributed by atoms with E-state index in [2.05, 4.69) is 15.7 Å². The van der Waals surface area contributed by atoms with Crippen LogP contribution in [0.1, 0.15) is 23.7 Å². The summed E-state index contributed by atoms with van der Waals surface area (Å²) >= 11 is 6.43. The van der Waals surface area contributed by atoms with Crippen LogP contribution < -0.4 is 10.6 Å². The van der Waals surface area contributed by atoms with E-state index in [1.54, 1.807) is 37.3 Å². The van der Waals surface area contributed by atoms with Crippen molar-refractivity contribution in [3.63, 3.8) is 0 Å². The SMILES string of the molecule is CC(=O)Nc1ccc(C)cc1NC(=O)/C=C/c1c(C)nn(-c2ccc(F)cc2)c1Cl. The molecule has 0 aliphatic heterocycles. The van der Waals surface area contributed by atoms with Gasteiger partial charge in [0, 0.05) is 18.6 Å². The summed E-state index contributed by atoms with van der Waals surface area (Å²) in [6.45, 7) is 5.05. The monoisotopic (exact) mass is 426 g/mol. The van der Waals surface area contributed by atoms with Crippen LogP contribution in [-0.2, 0) is 9.59 Å². The molecule has 0 saturated carbocycles. The van der Waals surface area contributed by atoms with Gasteiger partial charge in [-0.25, -0.2) is 9.07 Å². The van der Waals surface area contributed by atoms with E-state index in [0.29, 0.717) is 33.5 Å². The Hall–Kier alpha value is -3.45. The molecule has 0 fully saturated rings. The van der Waals surface area contributed by atoms with Crippen LogP contribution in [0.3, 0.4) is 0 Å². The molecule has 30 heavy (non-hydrogen) atoms. The number of nitrogens with one attached hydrogen (secondary N) is 2. The number of aryl methyl sites for hydroxylation is 2. The van der Waals surface area contributed by atoms with Gasteiger partial charge in [-0.2, -0.15) is 5.10 Å². The maximum Gasteiger partial charge on any atom is 0.248 e. The number of benzene rings is 2. The Bertz CT molecular complexity index is 1140. The van der Waals surface area contributed by atoms with Gasteiger partial charge in [0.05, 0.1) is 22.8 Å². The second kappa shape index (κ2) is 8.92. The van der Waals surface area contributed by atoms with Crippen LogP contribution in [0.25, 0.3) is 11.8 Å². The quantitative estimate of drug-likeness (QED) is 0.570. The Labute approximate surface area is 178 Å². The zero-order chi connectivity index (χ0) is 21.8. The number of rotatable bonds is 5. The minimum absolute atomic E-state index is 0.236. The van der Waals surface area contributed by atoms with Crippen LogP contribution in [0.2, 0.25) is 5.15 Å². The number of nitrogens with zero attached hydrogens (tertiary/aromatic N) is 2. The summed E-state index contributed by atoms with van der Waals surface area (Å²) in [5, 5.41) is 10.1. The van der Waals surface area contributed by atoms with E-state index >= 15 is 0 Å². The molecule has 0 aliphatic rings. The van der Waals surface area contributed by atoms with Gasteiger partial charge >= 0.3 is 0 Å². The highest BCUT2D eigenvalue weighted by molar-refractivity contribution is 6.31. The van der Waals surface area contributed by atoms with Gasteiger partial charge in [-0.05, 0) is 61.9 Å². The predicted octanol–water partition coefficient (Wildman–Crippen LogP) is 4.89. The maximum atomic E-state index is 13.2. The van der Waals surface area contributed by atoms with Gasteiger partial charge in [0.15, 0.2) is 0 Å². The lowest BCUT2D eigenvalue weighted by Crippen LogP contribution is -2.13. The number of carbonyl (C=O) groups excluding carboxylic acids is 2. The number of anilines is 2. The fourth-order valence-corrected chi connectivity index (χ4v) is 3.18. The first-order chi connectivity index (χ1) is 14.2. The number of halogens is 2. The normalized spacial score (nSPS) is 11.0. The van der Waals surface area contributed by atoms with Crippen LogP contribution in [-0.4, -0.2) is 21.6 Å². The molecule has 0 radical (unpaired) electrons. The number of amides is 2. The summed E-state index contributed by atoms with van der Waals surface area (Å²) < 4.78 is 14.6. The third kappa shape index (κ3) is 4.93. The molecule has 6 nitrogen and oxygen atoms in total.